The normalized spacial score (nSPS) is 10.9. The molecule has 1 N–H and O–H groups in total. The lowest BCUT2D eigenvalue weighted by molar-refractivity contribution is 0.0949. The predicted octanol–water partition coefficient (Wildman–Crippen LogP) is 4.78. The van der Waals surface area contributed by atoms with Gasteiger partial charge < -0.3 is 14.3 Å². The average Bonchev–Trinajstić information content (AvgIpc) is 3.26. The summed E-state index contributed by atoms with van der Waals surface area (Å²) >= 11 is 3.37. The van der Waals surface area contributed by atoms with Gasteiger partial charge in [-0.25, -0.2) is 0 Å². The first-order valence-corrected chi connectivity index (χ1v) is 8.47. The van der Waals surface area contributed by atoms with Crippen molar-refractivity contribution in [2.75, 3.05) is 0 Å². The number of fused-ring (bicyclic) bond motifs is 1. The summed E-state index contributed by atoms with van der Waals surface area (Å²) in [6.45, 7) is 0.268. The molecule has 0 fully saturated rings. The SMILES string of the molecule is O=C(NCc1cc(-c2cc3ccccc3o2)on1)c1ccccc1Br. The van der Waals surface area contributed by atoms with Crippen LogP contribution < -0.4 is 5.32 Å². The first-order chi connectivity index (χ1) is 12.2. The van der Waals surface area contributed by atoms with Gasteiger partial charge in [0, 0.05) is 15.9 Å². The van der Waals surface area contributed by atoms with Crippen molar-refractivity contribution in [3.05, 3.63) is 76.4 Å². The van der Waals surface area contributed by atoms with Crippen molar-refractivity contribution in [1.82, 2.24) is 10.5 Å². The number of hydrogen-bond acceptors (Lipinski definition) is 4. The van der Waals surface area contributed by atoms with Crippen LogP contribution in [0, 0.1) is 0 Å². The molecule has 0 aliphatic heterocycles. The lowest BCUT2D eigenvalue weighted by Crippen LogP contribution is -2.23. The highest BCUT2D eigenvalue weighted by Gasteiger charge is 2.14. The van der Waals surface area contributed by atoms with Gasteiger partial charge in [0.25, 0.3) is 5.91 Å². The smallest absolute Gasteiger partial charge is 0.252 e. The van der Waals surface area contributed by atoms with E-state index in [1.165, 1.54) is 0 Å². The van der Waals surface area contributed by atoms with Crippen molar-refractivity contribution < 1.29 is 13.7 Å². The van der Waals surface area contributed by atoms with Crippen molar-refractivity contribution in [1.29, 1.82) is 0 Å². The predicted molar refractivity (Wildman–Crippen MR) is 97.0 cm³/mol. The molecule has 0 aliphatic carbocycles. The van der Waals surface area contributed by atoms with Crippen molar-refractivity contribution in [2.24, 2.45) is 0 Å². The minimum atomic E-state index is -0.180. The summed E-state index contributed by atoms with van der Waals surface area (Å²) in [5.74, 6) is 0.958. The highest BCUT2D eigenvalue weighted by atomic mass is 79.9. The zero-order chi connectivity index (χ0) is 17.2. The summed E-state index contributed by atoms with van der Waals surface area (Å²) < 4.78 is 11.8. The first-order valence-electron chi connectivity index (χ1n) is 7.68. The van der Waals surface area contributed by atoms with Crippen LogP contribution in [0.2, 0.25) is 0 Å². The molecule has 6 heteroatoms. The van der Waals surface area contributed by atoms with Crippen LogP contribution in [0.25, 0.3) is 22.5 Å². The molecule has 0 radical (unpaired) electrons. The number of halogens is 1. The Labute approximate surface area is 151 Å². The van der Waals surface area contributed by atoms with Gasteiger partial charge in [0.2, 0.25) is 5.76 Å². The third-order valence-corrected chi connectivity index (χ3v) is 4.47. The Morgan fingerprint density at radius 1 is 1.04 bits per heavy atom. The van der Waals surface area contributed by atoms with Crippen LogP contribution in [0.5, 0.6) is 0 Å². The molecule has 2 aromatic heterocycles. The van der Waals surface area contributed by atoms with E-state index in [1.54, 1.807) is 12.1 Å². The fraction of sp³-hybridized carbons (Fsp3) is 0.0526. The second-order valence-electron chi connectivity index (χ2n) is 5.49. The van der Waals surface area contributed by atoms with Crippen molar-refractivity contribution in [3.8, 4) is 11.5 Å². The zero-order valence-electron chi connectivity index (χ0n) is 13.0. The highest BCUT2D eigenvalue weighted by molar-refractivity contribution is 9.10. The van der Waals surface area contributed by atoms with Crippen molar-refractivity contribution >= 4 is 32.8 Å². The molecule has 124 valence electrons. The summed E-state index contributed by atoms with van der Waals surface area (Å²) in [5, 5.41) is 7.81. The third-order valence-electron chi connectivity index (χ3n) is 3.78. The Bertz CT molecular complexity index is 1020. The quantitative estimate of drug-likeness (QED) is 0.538. The van der Waals surface area contributed by atoms with Gasteiger partial charge in [-0.15, -0.1) is 0 Å². The molecule has 0 unspecified atom stereocenters. The van der Waals surface area contributed by atoms with E-state index in [9.17, 15) is 4.79 Å². The van der Waals surface area contributed by atoms with Gasteiger partial charge in [-0.05, 0) is 40.2 Å². The number of carbonyl (C=O) groups is 1. The maximum Gasteiger partial charge on any atom is 0.252 e. The number of benzene rings is 2. The van der Waals surface area contributed by atoms with Crippen LogP contribution in [0.3, 0.4) is 0 Å². The third kappa shape index (κ3) is 3.21. The number of furan rings is 1. The first kappa shape index (κ1) is 15.7. The van der Waals surface area contributed by atoms with Gasteiger partial charge in [-0.1, -0.05) is 35.5 Å². The number of nitrogens with one attached hydrogen (secondary N) is 1. The summed E-state index contributed by atoms with van der Waals surface area (Å²) in [4.78, 5) is 12.2. The van der Waals surface area contributed by atoms with Gasteiger partial charge >= 0.3 is 0 Å². The number of carbonyl (C=O) groups excluding carboxylic acids is 1. The highest BCUT2D eigenvalue weighted by Crippen LogP contribution is 2.28. The standard InChI is InChI=1S/C19H13BrN2O3/c20-15-7-3-2-6-14(15)19(23)21-11-13-10-18(25-22-13)17-9-12-5-1-4-8-16(12)24-17/h1-10H,11H2,(H,21,23). The summed E-state index contributed by atoms with van der Waals surface area (Å²) in [6.07, 6.45) is 0. The molecule has 2 heterocycles. The number of aromatic nitrogens is 1. The Balaban J connectivity index is 1.48. The van der Waals surface area contributed by atoms with Crippen LogP contribution in [-0.4, -0.2) is 11.1 Å². The van der Waals surface area contributed by atoms with E-state index < -0.39 is 0 Å². The molecule has 5 nitrogen and oxygen atoms in total. The van der Waals surface area contributed by atoms with Crippen molar-refractivity contribution in [2.45, 2.75) is 6.54 Å². The Hall–Kier alpha value is -2.86. The molecule has 0 saturated carbocycles. The van der Waals surface area contributed by atoms with Crippen LogP contribution in [-0.2, 0) is 6.54 Å². The molecule has 0 saturated heterocycles. The molecule has 2 aromatic carbocycles. The summed E-state index contributed by atoms with van der Waals surface area (Å²) in [5.41, 5.74) is 1.98. The molecule has 25 heavy (non-hydrogen) atoms. The minimum absolute atomic E-state index is 0.180. The maximum atomic E-state index is 12.2. The van der Waals surface area contributed by atoms with E-state index in [1.807, 2.05) is 48.5 Å². The number of para-hydroxylation sites is 1. The molecule has 1 amide bonds. The molecule has 4 aromatic rings. The van der Waals surface area contributed by atoms with E-state index in [4.69, 9.17) is 8.94 Å². The molecule has 0 atom stereocenters. The number of nitrogens with zero attached hydrogens (tertiary/aromatic N) is 1. The van der Waals surface area contributed by atoms with Crippen LogP contribution in [0.4, 0.5) is 0 Å². The lowest BCUT2D eigenvalue weighted by atomic mass is 10.2. The van der Waals surface area contributed by atoms with Crippen LogP contribution >= 0.6 is 15.9 Å². The van der Waals surface area contributed by atoms with Crippen LogP contribution in [0.1, 0.15) is 16.1 Å². The van der Waals surface area contributed by atoms with Gasteiger partial charge in [-0.2, -0.15) is 0 Å². The van der Waals surface area contributed by atoms with E-state index >= 15 is 0 Å². The minimum Gasteiger partial charge on any atom is -0.453 e. The van der Waals surface area contributed by atoms with Gasteiger partial charge in [0.1, 0.15) is 11.3 Å². The molecular formula is C19H13BrN2O3. The number of hydrogen-bond donors (Lipinski definition) is 1. The fourth-order valence-electron chi connectivity index (χ4n) is 2.53. The molecule has 0 bridgehead atoms. The monoisotopic (exact) mass is 396 g/mol. The maximum absolute atomic E-state index is 12.2. The van der Waals surface area contributed by atoms with Gasteiger partial charge in [0.15, 0.2) is 5.76 Å². The summed E-state index contributed by atoms with van der Waals surface area (Å²) in [7, 11) is 0. The van der Waals surface area contributed by atoms with Crippen molar-refractivity contribution in [3.63, 3.8) is 0 Å². The lowest BCUT2D eigenvalue weighted by Gasteiger charge is -2.04. The van der Waals surface area contributed by atoms with E-state index in [0.29, 0.717) is 22.8 Å². The van der Waals surface area contributed by atoms with E-state index in [2.05, 4.69) is 26.4 Å². The van der Waals surface area contributed by atoms with Crippen LogP contribution in [0.15, 0.2) is 74.1 Å². The van der Waals surface area contributed by atoms with Gasteiger partial charge in [0.05, 0.1) is 12.1 Å². The molecular weight excluding hydrogens is 384 g/mol. The van der Waals surface area contributed by atoms with E-state index in [0.717, 1.165) is 15.4 Å². The van der Waals surface area contributed by atoms with Gasteiger partial charge in [-0.3, -0.25) is 4.79 Å². The summed E-state index contributed by atoms with van der Waals surface area (Å²) in [6, 6.07) is 18.6. The fourth-order valence-corrected chi connectivity index (χ4v) is 2.99. The zero-order valence-corrected chi connectivity index (χ0v) is 14.6. The Kier molecular flexibility index (Phi) is 4.11. The Morgan fingerprint density at radius 3 is 2.68 bits per heavy atom. The Morgan fingerprint density at radius 2 is 1.84 bits per heavy atom. The largest absolute Gasteiger partial charge is 0.453 e. The average molecular weight is 397 g/mol. The number of rotatable bonds is 4. The second-order valence-corrected chi connectivity index (χ2v) is 6.35. The van der Waals surface area contributed by atoms with E-state index in [-0.39, 0.29) is 12.5 Å². The molecule has 4 rings (SSSR count). The second kappa shape index (κ2) is 6.57. The molecule has 0 spiro atoms. The number of amides is 1. The topological polar surface area (TPSA) is 68.3 Å². The molecule has 0 aliphatic rings.